The predicted octanol–water partition coefficient (Wildman–Crippen LogP) is 0.176. The molecule has 1 fully saturated rings. The van der Waals surface area contributed by atoms with Crippen molar-refractivity contribution in [3.8, 4) is 0 Å². The average Bonchev–Trinajstić information content (AvgIpc) is 3.66. The second kappa shape index (κ2) is 20.7. The van der Waals surface area contributed by atoms with Gasteiger partial charge in [-0.15, -0.1) is 5.73 Å². The zero-order chi connectivity index (χ0) is 41.9. The highest BCUT2D eigenvalue weighted by molar-refractivity contribution is 8.13. The monoisotopic (exact) mass is 875 g/mol. The molecule has 2 aromatic heterocycles. The zero-order valence-electron chi connectivity index (χ0n) is 30.1. The van der Waals surface area contributed by atoms with Crippen LogP contribution < -0.4 is 16.4 Å². The number of amides is 2. The minimum Gasteiger partial charge on any atom is -0.386 e. The minimum absolute atomic E-state index is 0.0295. The summed E-state index contributed by atoms with van der Waals surface area (Å²) in [7, 11) is -16.4. The summed E-state index contributed by atoms with van der Waals surface area (Å²) in [5, 5.41) is 26.2. The van der Waals surface area contributed by atoms with E-state index in [2.05, 4.69) is 40.2 Å². The number of ether oxygens (including phenoxy) is 1. The van der Waals surface area contributed by atoms with Gasteiger partial charge in [0.15, 0.2) is 22.8 Å². The minimum atomic E-state index is -5.57. The average molecular weight is 876 g/mol. The molecule has 1 aliphatic rings. The Morgan fingerprint density at radius 2 is 1.79 bits per heavy atom. The number of aliphatic hydroxyl groups excluding tert-OH is 2. The quantitative estimate of drug-likeness (QED) is 0.0432. The highest BCUT2D eigenvalue weighted by Crippen LogP contribution is 2.61. The summed E-state index contributed by atoms with van der Waals surface area (Å²) in [5.41, 5.74) is 7.13. The normalized spacial score (nSPS) is 21.4. The van der Waals surface area contributed by atoms with Crippen LogP contribution >= 0.6 is 35.2 Å². The van der Waals surface area contributed by atoms with Gasteiger partial charge in [-0.05, 0) is 18.6 Å². The second-order valence-corrected chi connectivity index (χ2v) is 17.9. The van der Waals surface area contributed by atoms with Gasteiger partial charge in [-0.3, -0.25) is 32.5 Å². The molecule has 3 heterocycles. The highest BCUT2D eigenvalue weighted by Gasteiger charge is 2.50. The van der Waals surface area contributed by atoms with Crippen molar-refractivity contribution < 1.29 is 80.5 Å². The number of imidazole rings is 1. The number of anilines is 1. The predicted molar refractivity (Wildman–Crippen MR) is 195 cm³/mol. The Balaban J connectivity index is 1.48. The first-order valence-corrected chi connectivity index (χ1v) is 22.0. The molecule has 24 nitrogen and oxygen atoms in total. The van der Waals surface area contributed by atoms with E-state index in [1.807, 2.05) is 6.92 Å². The van der Waals surface area contributed by atoms with Gasteiger partial charge in [0.05, 0.1) is 19.5 Å². The molecule has 0 spiro atoms. The third-order valence-electron chi connectivity index (χ3n) is 7.47. The molecule has 2 amide bonds. The molecular weight excluding hydrogens is 831 g/mol. The summed E-state index contributed by atoms with van der Waals surface area (Å²) >= 11 is 1.04. The fraction of sp³-hybridized carbons (Fsp3) is 0.607. The number of nitrogens with zero attached hydrogens (tertiary/aromatic N) is 4. The van der Waals surface area contributed by atoms with Gasteiger partial charge in [-0.25, -0.2) is 28.6 Å². The number of thioether (sulfide) groups is 1. The molecule has 1 aliphatic heterocycles. The van der Waals surface area contributed by atoms with Gasteiger partial charge in [-0.1, -0.05) is 32.5 Å². The van der Waals surface area contributed by atoms with E-state index in [9.17, 15) is 57.9 Å². The molecule has 56 heavy (non-hydrogen) atoms. The van der Waals surface area contributed by atoms with Crippen molar-refractivity contribution >= 4 is 69.1 Å². The summed E-state index contributed by atoms with van der Waals surface area (Å²) in [6.45, 7) is 2.41. The molecule has 0 bridgehead atoms. The van der Waals surface area contributed by atoms with E-state index >= 15 is 0 Å². The first-order chi connectivity index (χ1) is 26.1. The molecule has 2 aromatic rings. The van der Waals surface area contributed by atoms with Crippen LogP contribution in [0.5, 0.6) is 0 Å². The fourth-order valence-corrected chi connectivity index (χ4v) is 8.16. The number of hydrogen-bond donors (Lipinski definition) is 9. The first kappa shape index (κ1) is 47.5. The van der Waals surface area contributed by atoms with Crippen molar-refractivity contribution in [1.29, 1.82) is 0 Å². The highest BCUT2D eigenvalue weighted by atomic mass is 32.2. The van der Waals surface area contributed by atoms with Crippen molar-refractivity contribution in [1.82, 2.24) is 30.2 Å². The molecule has 28 heteroatoms. The molecule has 7 atom stereocenters. The number of nitrogens with two attached hydrogens (primary N) is 1. The first-order valence-electron chi connectivity index (χ1n) is 16.5. The van der Waals surface area contributed by atoms with Gasteiger partial charge in [0.1, 0.15) is 36.3 Å². The maximum atomic E-state index is 12.7. The number of hydrogen-bond acceptors (Lipinski definition) is 18. The second-order valence-electron chi connectivity index (χ2n) is 12.5. The molecular formula is C28H44N7O17P3S. The summed E-state index contributed by atoms with van der Waals surface area (Å²) in [6, 6.07) is 0. The lowest BCUT2D eigenvalue weighted by Crippen LogP contribution is -2.46. The van der Waals surface area contributed by atoms with Gasteiger partial charge < -0.3 is 50.9 Å². The summed E-state index contributed by atoms with van der Waals surface area (Å²) in [4.78, 5) is 87.3. The van der Waals surface area contributed by atoms with Crippen LogP contribution in [0.1, 0.15) is 46.3 Å². The van der Waals surface area contributed by atoms with Crippen molar-refractivity contribution in [3.63, 3.8) is 0 Å². The molecule has 3 rings (SSSR count). The molecule has 0 aromatic carbocycles. The number of phosphoric acid groups is 3. The van der Waals surface area contributed by atoms with Gasteiger partial charge in [0.25, 0.3) is 0 Å². The summed E-state index contributed by atoms with van der Waals surface area (Å²) in [5.74, 6) is -1.13. The van der Waals surface area contributed by atoms with Gasteiger partial charge in [-0.2, -0.15) is 4.31 Å². The van der Waals surface area contributed by atoms with E-state index < -0.39 is 84.6 Å². The fourth-order valence-electron chi connectivity index (χ4n) is 4.70. The number of carbonyl (C=O) groups excluding carboxylic acids is 3. The Bertz CT molecular complexity index is 1910. The smallest absolute Gasteiger partial charge is 0.386 e. The molecule has 2 unspecified atom stereocenters. The van der Waals surface area contributed by atoms with Crippen LogP contribution in [-0.4, -0.2) is 123 Å². The number of nitrogen functional groups attached to an aromatic ring is 1. The maximum Gasteiger partial charge on any atom is 0.481 e. The van der Waals surface area contributed by atoms with E-state index in [0.717, 1.165) is 35.4 Å². The maximum absolute atomic E-state index is 12.7. The van der Waals surface area contributed by atoms with Gasteiger partial charge in [0.2, 0.25) is 11.8 Å². The number of phosphoric ester groups is 3. The summed E-state index contributed by atoms with van der Waals surface area (Å²) in [6.07, 6.45) is -2.51. The number of allylic oxidation sites excluding steroid dienone is 1. The lowest BCUT2D eigenvalue weighted by molar-refractivity contribution is -0.137. The van der Waals surface area contributed by atoms with Crippen molar-refractivity contribution in [2.45, 2.75) is 70.7 Å². The number of carbonyl (C=O) groups is 3. The topological polar surface area (TPSA) is 364 Å². The van der Waals surface area contributed by atoms with Crippen LogP contribution in [0.25, 0.3) is 11.2 Å². The van der Waals surface area contributed by atoms with Crippen LogP contribution in [0.2, 0.25) is 0 Å². The summed E-state index contributed by atoms with van der Waals surface area (Å²) < 4.78 is 62.1. The number of aliphatic hydroxyl groups is 2. The molecule has 0 aliphatic carbocycles. The number of aromatic nitrogens is 4. The molecule has 0 radical (unpaired) electrons. The van der Waals surface area contributed by atoms with E-state index in [1.54, 1.807) is 12.2 Å². The Labute approximate surface area is 323 Å². The van der Waals surface area contributed by atoms with Gasteiger partial charge in [0, 0.05) is 37.1 Å². The van der Waals surface area contributed by atoms with E-state index in [-0.39, 0.29) is 48.0 Å². The van der Waals surface area contributed by atoms with Crippen LogP contribution in [-0.2, 0) is 50.7 Å². The standard InChI is InChI=1S/C28H44N7O17P3S/c1-4-5-6-7-8-19(37)56-12-11-30-18(36)9-10-31-26(40)23(39)28(2,3)14-49-55(46,47)52-54(44,45)48-13-17-22(51-53(41,42)43)21(38)27(50-17)35-16-34-20-24(29)32-15-33-25(20)35/h5,7,15-17,21-23,27,38-39H,4,8-14H2,1-3H3,(H,30,36)(H,31,40)(H,44,45)(H,46,47)(H2,29,32,33)(H2,41,42,43)/t6?,17-,21-,22-,23+,27-/m1/s1. The van der Waals surface area contributed by atoms with E-state index in [0.29, 0.717) is 5.75 Å². The molecule has 314 valence electrons. The van der Waals surface area contributed by atoms with Crippen molar-refractivity contribution in [2.75, 3.05) is 37.8 Å². The zero-order valence-corrected chi connectivity index (χ0v) is 33.6. The third kappa shape index (κ3) is 14.8. The number of fused-ring (bicyclic) bond motifs is 1. The molecule has 1 saturated heterocycles. The Morgan fingerprint density at radius 3 is 2.46 bits per heavy atom. The Kier molecular flexibility index (Phi) is 17.5. The molecule has 0 saturated carbocycles. The molecule has 10 N–H and O–H groups in total. The lowest BCUT2D eigenvalue weighted by atomic mass is 9.87. The Hall–Kier alpha value is -2.92. The lowest BCUT2D eigenvalue weighted by Gasteiger charge is -2.30. The van der Waals surface area contributed by atoms with Crippen LogP contribution in [0.4, 0.5) is 5.82 Å². The van der Waals surface area contributed by atoms with Crippen LogP contribution in [0.3, 0.4) is 0 Å². The van der Waals surface area contributed by atoms with Crippen LogP contribution in [0, 0.1) is 5.41 Å². The Morgan fingerprint density at radius 1 is 1.09 bits per heavy atom. The number of nitrogens with one attached hydrogen (secondary N) is 2. The van der Waals surface area contributed by atoms with Gasteiger partial charge >= 0.3 is 23.5 Å². The number of rotatable bonds is 22. The van der Waals surface area contributed by atoms with E-state index in [1.165, 1.54) is 13.8 Å². The SMILES string of the molecule is CCC=C=CCC(=O)SCCNC(=O)CCNC(=O)[C@H](O)C(C)(C)COP(=O)(O)OP(=O)(O)OC[C@H]1O[C@@H](n2cnc3c(N)ncnc32)[C@H](O)[C@@H]1OP(=O)(O)O. The van der Waals surface area contributed by atoms with Crippen LogP contribution in [0.15, 0.2) is 30.5 Å². The van der Waals surface area contributed by atoms with Crippen molar-refractivity contribution in [3.05, 3.63) is 30.5 Å². The van der Waals surface area contributed by atoms with Crippen molar-refractivity contribution in [2.24, 2.45) is 5.41 Å². The largest absolute Gasteiger partial charge is 0.481 e. The third-order valence-corrected chi connectivity index (χ3v) is 11.5. The van der Waals surface area contributed by atoms with E-state index in [4.69, 9.17) is 19.5 Å².